The number of carbonyl (C=O) groups is 3. The molecule has 0 saturated carbocycles. The Morgan fingerprint density at radius 3 is 2.39 bits per heavy atom. The van der Waals surface area contributed by atoms with Crippen LogP contribution in [0.4, 0.5) is 5.69 Å². The summed E-state index contributed by atoms with van der Waals surface area (Å²) in [5.41, 5.74) is 2.26. The van der Waals surface area contributed by atoms with Crippen molar-refractivity contribution >= 4 is 23.5 Å². The number of piperidine rings is 1. The normalized spacial score (nSPS) is 14.0. The van der Waals surface area contributed by atoms with Crippen molar-refractivity contribution in [1.29, 1.82) is 0 Å². The number of anilines is 1. The summed E-state index contributed by atoms with van der Waals surface area (Å²) >= 11 is 0. The summed E-state index contributed by atoms with van der Waals surface area (Å²) in [7, 11) is 0. The van der Waals surface area contributed by atoms with E-state index in [1.165, 1.54) is 12.1 Å². The number of benzene rings is 2. The van der Waals surface area contributed by atoms with Crippen LogP contribution in [0.25, 0.3) is 0 Å². The standard InChI is InChI=1S/C25H24N4O4/c1-16-26-15-21(23(30)28-20-8-3-2-4-9-20)22(27-16)17-10-12-29(13-11-17)24(31)18-6-5-7-19(14-18)25(32)33/h2-9,14-15,17H,10-13H2,1H3,(H,28,30)(H,32,33). The van der Waals surface area contributed by atoms with Crippen LogP contribution in [0.15, 0.2) is 60.8 Å². The maximum absolute atomic E-state index is 12.9. The Hall–Kier alpha value is -4.07. The smallest absolute Gasteiger partial charge is 0.335 e. The largest absolute Gasteiger partial charge is 0.478 e. The lowest BCUT2D eigenvalue weighted by Gasteiger charge is -2.32. The maximum atomic E-state index is 12.9. The third-order valence-electron chi connectivity index (χ3n) is 5.74. The van der Waals surface area contributed by atoms with Crippen LogP contribution in [0.1, 0.15) is 61.4 Å². The predicted molar refractivity (Wildman–Crippen MR) is 122 cm³/mol. The van der Waals surface area contributed by atoms with Crippen LogP contribution >= 0.6 is 0 Å². The lowest BCUT2D eigenvalue weighted by molar-refractivity contribution is 0.0696. The van der Waals surface area contributed by atoms with Crippen molar-refractivity contribution in [3.63, 3.8) is 0 Å². The molecule has 0 radical (unpaired) electrons. The number of aryl methyl sites for hydroxylation is 1. The van der Waals surface area contributed by atoms with Crippen molar-refractivity contribution < 1.29 is 19.5 Å². The van der Waals surface area contributed by atoms with E-state index >= 15 is 0 Å². The second-order valence-corrected chi connectivity index (χ2v) is 7.99. The predicted octanol–water partition coefficient (Wildman–Crippen LogP) is 3.76. The van der Waals surface area contributed by atoms with Crippen molar-refractivity contribution in [2.24, 2.45) is 0 Å². The summed E-state index contributed by atoms with van der Waals surface area (Å²) < 4.78 is 0. The fourth-order valence-corrected chi connectivity index (χ4v) is 4.02. The first-order valence-corrected chi connectivity index (χ1v) is 10.7. The van der Waals surface area contributed by atoms with E-state index in [0.29, 0.717) is 54.3 Å². The lowest BCUT2D eigenvalue weighted by Crippen LogP contribution is -2.38. The Morgan fingerprint density at radius 1 is 1.00 bits per heavy atom. The molecular formula is C25H24N4O4. The zero-order valence-corrected chi connectivity index (χ0v) is 18.2. The molecule has 3 aromatic rings. The number of hydrogen-bond donors (Lipinski definition) is 2. The van der Waals surface area contributed by atoms with Crippen LogP contribution < -0.4 is 5.32 Å². The maximum Gasteiger partial charge on any atom is 0.335 e. The number of nitrogens with one attached hydrogen (secondary N) is 1. The number of hydrogen-bond acceptors (Lipinski definition) is 5. The molecule has 8 nitrogen and oxygen atoms in total. The van der Waals surface area contributed by atoms with E-state index in [9.17, 15) is 19.5 Å². The molecule has 1 aromatic heterocycles. The number of carbonyl (C=O) groups excluding carboxylic acids is 2. The van der Waals surface area contributed by atoms with E-state index in [1.54, 1.807) is 30.2 Å². The second kappa shape index (κ2) is 9.60. The van der Waals surface area contributed by atoms with Gasteiger partial charge in [0.25, 0.3) is 11.8 Å². The molecule has 0 unspecified atom stereocenters. The van der Waals surface area contributed by atoms with Gasteiger partial charge in [-0.3, -0.25) is 9.59 Å². The van der Waals surface area contributed by atoms with Crippen LogP contribution in [0.5, 0.6) is 0 Å². The van der Waals surface area contributed by atoms with E-state index in [0.717, 1.165) is 0 Å². The Bertz CT molecular complexity index is 1190. The topological polar surface area (TPSA) is 112 Å². The first-order valence-electron chi connectivity index (χ1n) is 10.7. The first-order chi connectivity index (χ1) is 15.9. The average molecular weight is 444 g/mol. The van der Waals surface area contributed by atoms with Crippen molar-refractivity contribution in [2.45, 2.75) is 25.7 Å². The lowest BCUT2D eigenvalue weighted by atomic mass is 9.90. The number of para-hydroxylation sites is 1. The summed E-state index contributed by atoms with van der Waals surface area (Å²) in [5, 5.41) is 12.1. The molecule has 2 aromatic carbocycles. The summed E-state index contributed by atoms with van der Waals surface area (Å²) in [5.74, 6) is -0.927. The highest BCUT2D eigenvalue weighted by Gasteiger charge is 2.29. The van der Waals surface area contributed by atoms with Gasteiger partial charge in [-0.2, -0.15) is 0 Å². The summed E-state index contributed by atoms with van der Waals surface area (Å²) in [6.07, 6.45) is 2.85. The van der Waals surface area contributed by atoms with Gasteiger partial charge >= 0.3 is 5.97 Å². The molecule has 2 heterocycles. The number of rotatable bonds is 5. The van der Waals surface area contributed by atoms with Gasteiger partial charge in [0, 0.05) is 36.5 Å². The SMILES string of the molecule is Cc1ncc(C(=O)Nc2ccccc2)c(C2CCN(C(=O)c3cccc(C(=O)O)c3)CC2)n1. The monoisotopic (exact) mass is 444 g/mol. The third kappa shape index (κ3) is 5.06. The molecule has 33 heavy (non-hydrogen) atoms. The number of amides is 2. The number of likely N-dealkylation sites (tertiary alicyclic amines) is 1. The number of carboxylic acid groups (broad SMARTS) is 1. The van der Waals surface area contributed by atoms with Crippen molar-refractivity contribution in [3.8, 4) is 0 Å². The fourth-order valence-electron chi connectivity index (χ4n) is 4.02. The van der Waals surface area contributed by atoms with Gasteiger partial charge in [-0.15, -0.1) is 0 Å². The van der Waals surface area contributed by atoms with E-state index < -0.39 is 5.97 Å². The van der Waals surface area contributed by atoms with Crippen molar-refractivity contribution in [2.75, 3.05) is 18.4 Å². The second-order valence-electron chi connectivity index (χ2n) is 7.99. The molecule has 0 bridgehead atoms. The molecule has 0 aliphatic carbocycles. The number of aromatic carboxylic acids is 1. The minimum Gasteiger partial charge on any atom is -0.478 e. The zero-order chi connectivity index (χ0) is 23.4. The van der Waals surface area contributed by atoms with Gasteiger partial charge in [-0.05, 0) is 50.1 Å². The average Bonchev–Trinajstić information content (AvgIpc) is 2.84. The van der Waals surface area contributed by atoms with Gasteiger partial charge in [0.2, 0.25) is 0 Å². The van der Waals surface area contributed by atoms with E-state index in [1.807, 2.05) is 30.3 Å². The van der Waals surface area contributed by atoms with Crippen molar-refractivity contribution in [1.82, 2.24) is 14.9 Å². The van der Waals surface area contributed by atoms with E-state index in [4.69, 9.17) is 0 Å². The van der Waals surface area contributed by atoms with Crippen LogP contribution in [-0.4, -0.2) is 50.8 Å². The van der Waals surface area contributed by atoms with Gasteiger partial charge < -0.3 is 15.3 Å². The first kappa shape index (κ1) is 22.1. The van der Waals surface area contributed by atoms with Crippen LogP contribution in [0.3, 0.4) is 0 Å². The van der Waals surface area contributed by atoms with E-state index in [-0.39, 0.29) is 23.3 Å². The third-order valence-corrected chi connectivity index (χ3v) is 5.74. The Kier molecular flexibility index (Phi) is 6.44. The number of aromatic nitrogens is 2. The molecule has 4 rings (SSSR count). The van der Waals surface area contributed by atoms with E-state index in [2.05, 4.69) is 15.3 Å². The van der Waals surface area contributed by atoms with Crippen LogP contribution in [0, 0.1) is 6.92 Å². The molecule has 2 N–H and O–H groups in total. The molecule has 1 fully saturated rings. The Morgan fingerprint density at radius 2 is 1.70 bits per heavy atom. The molecule has 1 aliphatic rings. The van der Waals surface area contributed by atoms with Gasteiger partial charge in [0.1, 0.15) is 5.82 Å². The Balaban J connectivity index is 1.48. The molecule has 0 spiro atoms. The summed E-state index contributed by atoms with van der Waals surface area (Å²) in [6.45, 7) is 2.77. The zero-order valence-electron chi connectivity index (χ0n) is 18.2. The minimum atomic E-state index is -1.07. The van der Waals surface area contributed by atoms with Gasteiger partial charge in [-0.1, -0.05) is 24.3 Å². The molecular weight excluding hydrogens is 420 g/mol. The summed E-state index contributed by atoms with van der Waals surface area (Å²) in [6, 6.07) is 15.3. The fraction of sp³-hybridized carbons (Fsp3) is 0.240. The molecule has 1 aliphatic heterocycles. The number of carboxylic acids is 1. The summed E-state index contributed by atoms with van der Waals surface area (Å²) in [4.78, 5) is 47.5. The van der Waals surface area contributed by atoms with Crippen LogP contribution in [-0.2, 0) is 0 Å². The highest BCUT2D eigenvalue weighted by Crippen LogP contribution is 2.30. The highest BCUT2D eigenvalue weighted by molar-refractivity contribution is 6.05. The Labute approximate surface area is 191 Å². The highest BCUT2D eigenvalue weighted by atomic mass is 16.4. The molecule has 168 valence electrons. The molecule has 0 atom stereocenters. The molecule has 1 saturated heterocycles. The molecule has 8 heteroatoms. The minimum absolute atomic E-state index is 0.0117. The van der Waals surface area contributed by atoms with Gasteiger partial charge in [0.15, 0.2) is 0 Å². The van der Waals surface area contributed by atoms with Crippen molar-refractivity contribution in [3.05, 3.63) is 89.0 Å². The number of nitrogens with zero attached hydrogens (tertiary/aromatic N) is 3. The van der Waals surface area contributed by atoms with Gasteiger partial charge in [0.05, 0.1) is 16.8 Å². The van der Waals surface area contributed by atoms with Gasteiger partial charge in [-0.25, -0.2) is 14.8 Å². The quantitative estimate of drug-likeness (QED) is 0.620. The van der Waals surface area contributed by atoms with Crippen LogP contribution in [0.2, 0.25) is 0 Å². The molecule has 2 amide bonds.